The summed E-state index contributed by atoms with van der Waals surface area (Å²) in [5.74, 6) is -0.496. The van der Waals surface area contributed by atoms with E-state index in [1.807, 2.05) is 0 Å². The van der Waals surface area contributed by atoms with Gasteiger partial charge in [0.05, 0.1) is 11.7 Å². The number of aliphatic hydroxyl groups excluding tert-OH is 1. The smallest absolute Gasteiger partial charge is 0.243 e. The normalized spacial score (nSPS) is 14.2. The second-order valence-corrected chi connectivity index (χ2v) is 5.09. The topological polar surface area (TPSA) is 86.6 Å². The number of rotatable bonds is 8. The summed E-state index contributed by atoms with van der Waals surface area (Å²) in [6.07, 6.45) is 8.35. The fraction of sp³-hybridized carbons (Fsp3) is 0.467. The Labute approximate surface area is 119 Å². The largest absolute Gasteiger partial charge is 0.389 e. The fourth-order valence-electron chi connectivity index (χ4n) is 1.10. The Kier molecular flexibility index (Phi) is 8.43. The van der Waals surface area contributed by atoms with Crippen LogP contribution in [0.2, 0.25) is 0 Å². The van der Waals surface area contributed by atoms with Gasteiger partial charge in [-0.25, -0.2) is 0 Å². The Morgan fingerprint density at radius 3 is 2.45 bits per heavy atom. The maximum atomic E-state index is 11.4. The Morgan fingerprint density at radius 2 is 1.90 bits per heavy atom. The summed E-state index contributed by atoms with van der Waals surface area (Å²) in [7, 11) is 0. The van der Waals surface area contributed by atoms with Gasteiger partial charge in [0.25, 0.3) is 0 Å². The molecular formula is C15H23NO4. The van der Waals surface area contributed by atoms with E-state index in [0.29, 0.717) is 0 Å². The molecule has 0 radical (unpaired) electrons. The predicted octanol–water partition coefficient (Wildman–Crippen LogP) is 0.882. The second-order valence-electron chi connectivity index (χ2n) is 5.09. The highest BCUT2D eigenvalue weighted by molar-refractivity contribution is 5.93. The zero-order chi connectivity index (χ0) is 15.6. The van der Waals surface area contributed by atoms with Crippen molar-refractivity contribution in [2.75, 3.05) is 6.54 Å². The number of hydrogen-bond donors (Lipinski definition) is 3. The van der Waals surface area contributed by atoms with Crippen molar-refractivity contribution in [1.82, 2.24) is 5.32 Å². The maximum absolute atomic E-state index is 11.4. The number of amides is 1. The Morgan fingerprint density at radius 1 is 1.25 bits per heavy atom. The van der Waals surface area contributed by atoms with E-state index in [1.165, 1.54) is 24.3 Å². The standard InChI is InChI=1S/C15H23NO4/c1-12(17)7-4-5-8-13(18)9-6-10-14(19)16-11-15(2,3)20/h4-8,10,12,17,20H,9,11H2,1-3H3,(H,16,19). The van der Waals surface area contributed by atoms with E-state index in [2.05, 4.69) is 5.32 Å². The van der Waals surface area contributed by atoms with E-state index in [1.54, 1.807) is 32.9 Å². The van der Waals surface area contributed by atoms with E-state index in [-0.39, 0.29) is 24.7 Å². The van der Waals surface area contributed by atoms with Crippen LogP contribution in [-0.4, -0.2) is 40.2 Å². The van der Waals surface area contributed by atoms with Crippen LogP contribution in [0.25, 0.3) is 0 Å². The van der Waals surface area contributed by atoms with Crippen molar-refractivity contribution in [2.45, 2.75) is 38.9 Å². The molecule has 5 nitrogen and oxygen atoms in total. The average Bonchev–Trinajstić information content (AvgIpc) is 2.31. The molecule has 1 unspecified atom stereocenters. The summed E-state index contributed by atoms with van der Waals surface area (Å²) in [6.45, 7) is 4.94. The van der Waals surface area contributed by atoms with Gasteiger partial charge >= 0.3 is 0 Å². The highest BCUT2D eigenvalue weighted by atomic mass is 16.3. The molecular weight excluding hydrogens is 258 g/mol. The van der Waals surface area contributed by atoms with Crippen molar-refractivity contribution in [2.24, 2.45) is 0 Å². The van der Waals surface area contributed by atoms with Gasteiger partial charge < -0.3 is 15.5 Å². The van der Waals surface area contributed by atoms with Crippen LogP contribution in [0.3, 0.4) is 0 Å². The van der Waals surface area contributed by atoms with Crippen molar-refractivity contribution >= 4 is 11.7 Å². The molecule has 0 bridgehead atoms. The number of carbonyl (C=O) groups is 2. The van der Waals surface area contributed by atoms with Crippen molar-refractivity contribution in [3.05, 3.63) is 36.5 Å². The van der Waals surface area contributed by atoms with Gasteiger partial charge in [0, 0.05) is 13.0 Å². The van der Waals surface area contributed by atoms with Gasteiger partial charge in [-0.15, -0.1) is 0 Å². The molecule has 0 aliphatic heterocycles. The molecule has 112 valence electrons. The summed E-state index contributed by atoms with van der Waals surface area (Å²) in [5.41, 5.74) is -0.960. The highest BCUT2D eigenvalue weighted by Crippen LogP contribution is 1.97. The van der Waals surface area contributed by atoms with Crippen molar-refractivity contribution in [3.8, 4) is 0 Å². The molecule has 20 heavy (non-hydrogen) atoms. The van der Waals surface area contributed by atoms with Crippen LogP contribution in [0.15, 0.2) is 36.5 Å². The summed E-state index contributed by atoms with van der Waals surface area (Å²) >= 11 is 0. The SMILES string of the molecule is CC(O)C=CC=CC(=O)CC=CC(=O)NCC(C)(C)O. The van der Waals surface area contributed by atoms with Gasteiger partial charge in [0.15, 0.2) is 5.78 Å². The third-order valence-electron chi connectivity index (χ3n) is 2.07. The minimum absolute atomic E-state index is 0.120. The van der Waals surface area contributed by atoms with Gasteiger partial charge in [0.1, 0.15) is 0 Å². The van der Waals surface area contributed by atoms with Crippen molar-refractivity contribution < 1.29 is 19.8 Å². The minimum atomic E-state index is -0.960. The Balaban J connectivity index is 4.00. The molecule has 0 fully saturated rings. The van der Waals surface area contributed by atoms with Crippen molar-refractivity contribution in [1.29, 1.82) is 0 Å². The molecule has 0 aromatic heterocycles. The van der Waals surface area contributed by atoms with Gasteiger partial charge in [-0.3, -0.25) is 9.59 Å². The van der Waals surface area contributed by atoms with E-state index < -0.39 is 11.7 Å². The first-order chi connectivity index (χ1) is 9.20. The third kappa shape index (κ3) is 12.7. The molecule has 0 saturated heterocycles. The molecule has 0 spiro atoms. The first-order valence-electron chi connectivity index (χ1n) is 6.43. The van der Waals surface area contributed by atoms with Crippen molar-refractivity contribution in [3.63, 3.8) is 0 Å². The van der Waals surface area contributed by atoms with Crippen LogP contribution >= 0.6 is 0 Å². The van der Waals surface area contributed by atoms with Crippen LogP contribution in [0.1, 0.15) is 27.2 Å². The molecule has 0 heterocycles. The molecule has 5 heteroatoms. The molecule has 0 rings (SSSR count). The maximum Gasteiger partial charge on any atom is 0.243 e. The molecule has 0 aromatic rings. The van der Waals surface area contributed by atoms with Gasteiger partial charge in [0.2, 0.25) is 5.91 Å². The Hall–Kier alpha value is -1.72. The van der Waals surface area contributed by atoms with Gasteiger partial charge in [-0.1, -0.05) is 24.3 Å². The molecule has 1 atom stereocenters. The number of carbonyl (C=O) groups excluding carboxylic acids is 2. The quantitative estimate of drug-likeness (QED) is 0.455. The van der Waals surface area contributed by atoms with E-state index in [0.717, 1.165) is 0 Å². The molecule has 3 N–H and O–H groups in total. The summed E-state index contributed by atoms with van der Waals surface area (Å²) in [5, 5.41) is 20.9. The zero-order valence-electron chi connectivity index (χ0n) is 12.2. The number of allylic oxidation sites excluding steroid dienone is 4. The lowest BCUT2D eigenvalue weighted by Crippen LogP contribution is -2.37. The number of aliphatic hydroxyl groups is 2. The van der Waals surface area contributed by atoms with Gasteiger partial charge in [-0.2, -0.15) is 0 Å². The predicted molar refractivity (Wildman–Crippen MR) is 78.0 cm³/mol. The highest BCUT2D eigenvalue weighted by Gasteiger charge is 2.12. The van der Waals surface area contributed by atoms with Crippen LogP contribution in [0.4, 0.5) is 0 Å². The third-order valence-corrected chi connectivity index (χ3v) is 2.07. The first-order valence-corrected chi connectivity index (χ1v) is 6.43. The lowest BCUT2D eigenvalue weighted by atomic mass is 10.1. The van der Waals surface area contributed by atoms with E-state index in [4.69, 9.17) is 5.11 Å². The Bertz CT molecular complexity index is 401. The number of nitrogens with one attached hydrogen (secondary N) is 1. The van der Waals surface area contributed by atoms with Crippen LogP contribution < -0.4 is 5.32 Å². The summed E-state index contributed by atoms with van der Waals surface area (Å²) in [4.78, 5) is 22.7. The number of ketones is 1. The van der Waals surface area contributed by atoms with Crippen LogP contribution in [-0.2, 0) is 9.59 Å². The zero-order valence-corrected chi connectivity index (χ0v) is 12.2. The summed E-state index contributed by atoms with van der Waals surface area (Å²) < 4.78 is 0. The lowest BCUT2D eigenvalue weighted by molar-refractivity contribution is -0.117. The average molecular weight is 281 g/mol. The molecule has 0 aliphatic carbocycles. The molecule has 0 aliphatic rings. The fourth-order valence-corrected chi connectivity index (χ4v) is 1.10. The number of hydrogen-bond acceptors (Lipinski definition) is 4. The second kappa shape index (κ2) is 9.23. The minimum Gasteiger partial charge on any atom is -0.389 e. The molecule has 0 aromatic carbocycles. The summed E-state index contributed by atoms with van der Waals surface area (Å²) in [6, 6.07) is 0. The van der Waals surface area contributed by atoms with Crippen LogP contribution in [0.5, 0.6) is 0 Å². The lowest BCUT2D eigenvalue weighted by Gasteiger charge is -2.16. The van der Waals surface area contributed by atoms with E-state index >= 15 is 0 Å². The van der Waals surface area contributed by atoms with Gasteiger partial charge in [-0.05, 0) is 32.9 Å². The molecule has 0 saturated carbocycles. The monoisotopic (exact) mass is 281 g/mol. The molecule has 1 amide bonds. The van der Waals surface area contributed by atoms with E-state index in [9.17, 15) is 14.7 Å². The van der Waals surface area contributed by atoms with Crippen LogP contribution in [0, 0.1) is 0 Å². The first kappa shape index (κ1) is 18.3.